The number of hydrogen-bond acceptors (Lipinski definition) is 6. The van der Waals surface area contributed by atoms with E-state index in [0.717, 1.165) is 173 Å². The van der Waals surface area contributed by atoms with Crippen molar-refractivity contribution in [2.45, 2.75) is 264 Å². The van der Waals surface area contributed by atoms with E-state index in [4.69, 9.17) is 14.2 Å². The fourth-order valence-electron chi connectivity index (χ4n) is 8.32. The summed E-state index contributed by atoms with van der Waals surface area (Å²) >= 11 is 0. The lowest BCUT2D eigenvalue weighted by molar-refractivity contribution is -0.167. The van der Waals surface area contributed by atoms with Crippen molar-refractivity contribution in [2.75, 3.05) is 13.2 Å². The van der Waals surface area contributed by atoms with Gasteiger partial charge in [0.25, 0.3) is 0 Å². The molecule has 0 saturated heterocycles. The van der Waals surface area contributed by atoms with Crippen LogP contribution in [-0.2, 0) is 28.6 Å². The molecule has 0 aromatic rings. The van der Waals surface area contributed by atoms with Gasteiger partial charge in [0, 0.05) is 19.3 Å². The highest BCUT2D eigenvalue weighted by atomic mass is 16.6. The molecule has 1 atom stereocenters. The number of hydrogen-bond donors (Lipinski definition) is 0. The van der Waals surface area contributed by atoms with Crippen LogP contribution < -0.4 is 0 Å². The lowest BCUT2D eigenvalue weighted by Crippen LogP contribution is -2.30. The molecule has 0 heterocycles. The van der Waals surface area contributed by atoms with Crippen molar-refractivity contribution < 1.29 is 28.6 Å². The van der Waals surface area contributed by atoms with Crippen LogP contribution in [0.3, 0.4) is 0 Å². The number of unbranched alkanes of at least 4 members (excludes halogenated alkanes) is 16. The van der Waals surface area contributed by atoms with E-state index in [1.54, 1.807) is 0 Å². The van der Waals surface area contributed by atoms with Crippen molar-refractivity contribution in [1.82, 2.24) is 0 Å². The Hall–Kier alpha value is -5.49. The summed E-state index contributed by atoms with van der Waals surface area (Å²) in [6.45, 7) is 6.33. The quantitative estimate of drug-likeness (QED) is 0.0261. The van der Waals surface area contributed by atoms with Crippen molar-refractivity contribution >= 4 is 17.9 Å². The summed E-state index contributed by atoms with van der Waals surface area (Å²) in [7, 11) is 0. The van der Waals surface area contributed by atoms with Gasteiger partial charge in [0.2, 0.25) is 0 Å². The molecule has 0 aliphatic rings. The van der Waals surface area contributed by atoms with Crippen LogP contribution >= 0.6 is 0 Å². The third kappa shape index (κ3) is 65.3. The predicted molar refractivity (Wildman–Crippen MR) is 357 cm³/mol. The molecular weight excluding hydrogens is 1010 g/mol. The maximum absolute atomic E-state index is 12.9. The lowest BCUT2D eigenvalue weighted by Gasteiger charge is -2.18. The summed E-state index contributed by atoms with van der Waals surface area (Å²) in [4.78, 5) is 38.2. The second-order valence-corrected chi connectivity index (χ2v) is 20.9. The van der Waals surface area contributed by atoms with Crippen LogP contribution in [-0.4, -0.2) is 37.2 Å². The van der Waals surface area contributed by atoms with Crippen LogP contribution in [0.25, 0.3) is 0 Å². The average Bonchev–Trinajstić information content (AvgIpc) is 3.47. The van der Waals surface area contributed by atoms with Crippen LogP contribution in [0.15, 0.2) is 182 Å². The molecule has 0 aliphatic heterocycles. The van der Waals surface area contributed by atoms with Gasteiger partial charge in [-0.2, -0.15) is 0 Å². The minimum absolute atomic E-state index is 0.102. The highest BCUT2D eigenvalue weighted by Gasteiger charge is 2.19. The second kappa shape index (κ2) is 68.0. The van der Waals surface area contributed by atoms with Gasteiger partial charge in [0.1, 0.15) is 13.2 Å². The molecule has 0 spiro atoms. The van der Waals surface area contributed by atoms with Gasteiger partial charge in [-0.25, -0.2) is 0 Å². The first-order valence-electron chi connectivity index (χ1n) is 32.8. The van der Waals surface area contributed by atoms with Crippen molar-refractivity contribution in [3.05, 3.63) is 182 Å². The standard InChI is InChI=1S/C76H118O6/c1-4-7-10-13-16-19-21-23-25-27-29-31-33-35-36-37-38-39-40-42-43-45-47-49-51-53-55-57-60-63-66-69-75(78)81-72-73(71-80-74(77)68-65-62-59-18-15-12-9-6-3)82-76(79)70-67-64-61-58-56-54-52-50-48-46-44-41-34-32-30-28-26-24-22-20-17-14-11-8-5-2/h7-8,10-11,16-17,19-20,23-26,29-32,35-36,38-39,41-44,47-50,53,55,73H,4-6,9,12-15,18,21-22,27-28,33-34,37,40,45-46,51-52,54,56-72H2,1-3H3/b10-7-,11-8-,19-16-,20-17-,25-23-,26-24-,31-29-,32-30-,36-35-,39-38-,43-42-,44-41-,49-47-,50-48-,55-53-. The molecule has 0 radical (unpaired) electrons. The van der Waals surface area contributed by atoms with E-state index in [0.29, 0.717) is 19.3 Å². The number of ether oxygens (including phenoxy) is 3. The van der Waals surface area contributed by atoms with E-state index < -0.39 is 6.10 Å². The zero-order chi connectivity index (χ0) is 59.2. The smallest absolute Gasteiger partial charge is 0.306 e. The van der Waals surface area contributed by atoms with Gasteiger partial charge >= 0.3 is 17.9 Å². The summed E-state index contributed by atoms with van der Waals surface area (Å²) in [5, 5.41) is 0. The van der Waals surface area contributed by atoms with Gasteiger partial charge in [-0.05, 0) is 141 Å². The Morgan fingerprint density at radius 1 is 0.256 bits per heavy atom. The number of carbonyl (C=O) groups excluding carboxylic acids is 3. The number of rotatable bonds is 57. The molecular formula is C76H118O6. The Kier molecular flexibility index (Phi) is 63.5. The molecule has 0 amide bonds. The SMILES string of the molecule is CC/C=C\C/C=C\C/C=C\C/C=C\C/C=C\C/C=C\C/C=C\C/C=C\C/C=C\CCCCCC(=O)OCC(COC(=O)CCCCCCCCCC)OC(=O)CCCCCCCC/C=C\C/C=C\C/C=C\C/C=C\C/C=C\C/C=C\CC. The monoisotopic (exact) mass is 1130 g/mol. The van der Waals surface area contributed by atoms with Crippen molar-refractivity contribution in [3.8, 4) is 0 Å². The molecule has 0 bridgehead atoms. The Bertz CT molecular complexity index is 1920. The molecule has 0 aliphatic carbocycles. The number of carbonyl (C=O) groups is 3. The van der Waals surface area contributed by atoms with Gasteiger partial charge in [0.05, 0.1) is 0 Å². The topological polar surface area (TPSA) is 78.9 Å². The fourth-order valence-corrected chi connectivity index (χ4v) is 8.32. The molecule has 0 N–H and O–H groups in total. The van der Waals surface area contributed by atoms with Gasteiger partial charge in [-0.1, -0.05) is 280 Å². The molecule has 6 nitrogen and oxygen atoms in total. The van der Waals surface area contributed by atoms with E-state index in [9.17, 15) is 14.4 Å². The van der Waals surface area contributed by atoms with Gasteiger partial charge < -0.3 is 14.2 Å². The third-order valence-corrected chi connectivity index (χ3v) is 13.2. The molecule has 6 heteroatoms. The molecule has 0 aromatic heterocycles. The Morgan fingerprint density at radius 3 is 0.756 bits per heavy atom. The van der Waals surface area contributed by atoms with E-state index in [1.165, 1.54) is 44.9 Å². The van der Waals surface area contributed by atoms with Crippen LogP contribution in [0, 0.1) is 0 Å². The van der Waals surface area contributed by atoms with Gasteiger partial charge in [0.15, 0.2) is 6.10 Å². The average molecular weight is 1130 g/mol. The van der Waals surface area contributed by atoms with E-state index in [2.05, 4.69) is 203 Å². The van der Waals surface area contributed by atoms with Crippen molar-refractivity contribution in [3.63, 3.8) is 0 Å². The molecule has 0 fully saturated rings. The van der Waals surface area contributed by atoms with E-state index in [1.807, 2.05) is 0 Å². The Balaban J connectivity index is 4.33. The van der Waals surface area contributed by atoms with Gasteiger partial charge in [-0.15, -0.1) is 0 Å². The maximum Gasteiger partial charge on any atom is 0.306 e. The van der Waals surface area contributed by atoms with Crippen LogP contribution in [0.1, 0.15) is 258 Å². The third-order valence-electron chi connectivity index (χ3n) is 13.2. The summed E-state index contributed by atoms with van der Waals surface area (Å²) < 4.78 is 16.8. The first-order valence-corrected chi connectivity index (χ1v) is 32.8. The summed E-state index contributed by atoms with van der Waals surface area (Å²) in [5.41, 5.74) is 0. The van der Waals surface area contributed by atoms with Gasteiger partial charge in [-0.3, -0.25) is 14.4 Å². The molecule has 0 aromatic carbocycles. The first-order chi connectivity index (χ1) is 40.5. The maximum atomic E-state index is 12.9. The Labute approximate surface area is 504 Å². The fraction of sp³-hybridized carbons (Fsp3) is 0.566. The Morgan fingerprint density at radius 2 is 0.476 bits per heavy atom. The molecule has 82 heavy (non-hydrogen) atoms. The largest absolute Gasteiger partial charge is 0.462 e. The summed E-state index contributed by atoms with van der Waals surface area (Å²) in [5.74, 6) is -0.963. The van der Waals surface area contributed by atoms with E-state index in [-0.39, 0.29) is 31.1 Å². The molecule has 458 valence electrons. The van der Waals surface area contributed by atoms with Crippen LogP contribution in [0.4, 0.5) is 0 Å². The van der Waals surface area contributed by atoms with E-state index >= 15 is 0 Å². The van der Waals surface area contributed by atoms with Crippen molar-refractivity contribution in [1.29, 1.82) is 0 Å². The highest BCUT2D eigenvalue weighted by molar-refractivity contribution is 5.71. The summed E-state index contributed by atoms with van der Waals surface area (Å²) in [6, 6.07) is 0. The molecule has 1 unspecified atom stereocenters. The summed E-state index contributed by atoms with van der Waals surface area (Å²) in [6.07, 6.45) is 102. The molecule has 0 saturated carbocycles. The van der Waals surface area contributed by atoms with Crippen LogP contribution in [0.5, 0.6) is 0 Å². The predicted octanol–water partition coefficient (Wildman–Crippen LogP) is 22.8. The van der Waals surface area contributed by atoms with Crippen molar-refractivity contribution in [2.24, 2.45) is 0 Å². The first kappa shape index (κ1) is 76.5. The number of allylic oxidation sites excluding steroid dienone is 30. The minimum Gasteiger partial charge on any atom is -0.462 e. The zero-order valence-electron chi connectivity index (χ0n) is 52.4. The van der Waals surface area contributed by atoms with Crippen LogP contribution in [0.2, 0.25) is 0 Å². The zero-order valence-corrected chi connectivity index (χ0v) is 52.4. The minimum atomic E-state index is -0.809. The molecule has 0 rings (SSSR count). The normalized spacial score (nSPS) is 13.4. The highest BCUT2D eigenvalue weighted by Crippen LogP contribution is 2.14. The lowest BCUT2D eigenvalue weighted by atomic mass is 10.1. The second-order valence-electron chi connectivity index (χ2n) is 20.9. The number of esters is 3.